The second-order valence-corrected chi connectivity index (χ2v) is 6.52. The van der Waals surface area contributed by atoms with Gasteiger partial charge in [0.1, 0.15) is 16.9 Å². The highest BCUT2D eigenvalue weighted by molar-refractivity contribution is 6.30. The minimum absolute atomic E-state index is 0.123. The molecule has 0 aliphatic rings. The summed E-state index contributed by atoms with van der Waals surface area (Å²) in [5.74, 6) is -0.685. The zero-order chi connectivity index (χ0) is 18.6. The van der Waals surface area contributed by atoms with Crippen LogP contribution in [0.1, 0.15) is 31.1 Å². The Kier molecular flexibility index (Phi) is 5.64. The Morgan fingerprint density at radius 2 is 1.88 bits per heavy atom. The van der Waals surface area contributed by atoms with Crippen LogP contribution in [0.2, 0.25) is 5.02 Å². The van der Waals surface area contributed by atoms with Crippen LogP contribution in [0.4, 0.5) is 0 Å². The van der Waals surface area contributed by atoms with Crippen molar-refractivity contribution in [3.63, 3.8) is 0 Å². The molecule has 0 aliphatic heterocycles. The van der Waals surface area contributed by atoms with Gasteiger partial charge in [-0.2, -0.15) is 0 Å². The number of nitrogens with two attached hydrogens (primary N) is 1. The van der Waals surface area contributed by atoms with Crippen molar-refractivity contribution in [3.8, 4) is 11.6 Å². The van der Waals surface area contributed by atoms with Gasteiger partial charge in [-0.05, 0) is 49.2 Å². The first kappa shape index (κ1) is 18.7. The smallest absolute Gasteiger partial charge is 0.257 e. The summed E-state index contributed by atoms with van der Waals surface area (Å²) in [6.45, 7) is 5.20. The van der Waals surface area contributed by atoms with E-state index in [9.17, 15) is 9.59 Å². The lowest BCUT2D eigenvalue weighted by atomic mass is 9.87. The highest BCUT2D eigenvalue weighted by Gasteiger charge is 2.37. The molecule has 0 saturated carbocycles. The standard InChI is InChI=1S/C18H20ClN3O3/c1-11(2)18(3,17(20)24)22-15(23)14-5-4-10-21-16(14)25-13-8-6-12(19)7-9-13/h4-11H,1-3H3,(H2,20,24)(H,22,23). The molecule has 1 unspecified atom stereocenters. The van der Waals surface area contributed by atoms with Gasteiger partial charge in [-0.1, -0.05) is 25.4 Å². The summed E-state index contributed by atoms with van der Waals surface area (Å²) in [6, 6.07) is 9.85. The first-order valence-electron chi connectivity index (χ1n) is 7.75. The minimum Gasteiger partial charge on any atom is -0.438 e. The number of nitrogens with zero attached hydrogens (tertiary/aromatic N) is 1. The van der Waals surface area contributed by atoms with Gasteiger partial charge in [0, 0.05) is 11.2 Å². The fourth-order valence-electron chi connectivity index (χ4n) is 2.05. The normalized spacial score (nSPS) is 13.2. The van der Waals surface area contributed by atoms with E-state index in [4.69, 9.17) is 22.1 Å². The highest BCUT2D eigenvalue weighted by Crippen LogP contribution is 2.25. The largest absolute Gasteiger partial charge is 0.438 e. The Morgan fingerprint density at radius 3 is 2.44 bits per heavy atom. The van der Waals surface area contributed by atoms with Gasteiger partial charge in [-0.3, -0.25) is 9.59 Å². The van der Waals surface area contributed by atoms with Crippen molar-refractivity contribution in [1.82, 2.24) is 10.3 Å². The molecule has 2 aromatic rings. The number of pyridine rings is 1. The second-order valence-electron chi connectivity index (χ2n) is 6.09. The number of ether oxygens (including phenoxy) is 1. The number of amides is 2. The summed E-state index contributed by atoms with van der Waals surface area (Å²) >= 11 is 5.85. The van der Waals surface area contributed by atoms with E-state index in [1.807, 2.05) is 0 Å². The molecule has 7 heteroatoms. The van der Waals surface area contributed by atoms with Crippen LogP contribution in [0.3, 0.4) is 0 Å². The zero-order valence-corrected chi connectivity index (χ0v) is 15.0. The van der Waals surface area contributed by atoms with Crippen molar-refractivity contribution >= 4 is 23.4 Å². The molecule has 0 aliphatic carbocycles. The van der Waals surface area contributed by atoms with E-state index in [0.29, 0.717) is 10.8 Å². The Hall–Kier alpha value is -2.60. The van der Waals surface area contributed by atoms with Gasteiger partial charge in [-0.15, -0.1) is 0 Å². The number of primary amides is 1. The molecule has 25 heavy (non-hydrogen) atoms. The molecule has 6 nitrogen and oxygen atoms in total. The molecule has 132 valence electrons. The number of hydrogen-bond donors (Lipinski definition) is 2. The summed E-state index contributed by atoms with van der Waals surface area (Å²) < 4.78 is 5.67. The summed E-state index contributed by atoms with van der Waals surface area (Å²) in [5.41, 5.74) is 4.47. The lowest BCUT2D eigenvalue weighted by Gasteiger charge is -2.31. The molecule has 1 aromatic carbocycles. The third kappa shape index (κ3) is 4.28. The van der Waals surface area contributed by atoms with Crippen molar-refractivity contribution < 1.29 is 14.3 Å². The highest BCUT2D eigenvalue weighted by atomic mass is 35.5. The molecule has 1 aromatic heterocycles. The van der Waals surface area contributed by atoms with Crippen LogP contribution in [0.15, 0.2) is 42.6 Å². The van der Waals surface area contributed by atoms with Crippen LogP contribution in [0.25, 0.3) is 0 Å². The van der Waals surface area contributed by atoms with E-state index in [1.165, 1.54) is 6.20 Å². The Balaban J connectivity index is 2.29. The maximum Gasteiger partial charge on any atom is 0.257 e. The molecule has 0 bridgehead atoms. The molecule has 0 spiro atoms. The number of carbonyl (C=O) groups excluding carboxylic acids is 2. The van der Waals surface area contributed by atoms with E-state index in [0.717, 1.165) is 0 Å². The molecule has 0 fully saturated rings. The quantitative estimate of drug-likeness (QED) is 0.826. The van der Waals surface area contributed by atoms with Crippen LogP contribution in [-0.2, 0) is 4.79 Å². The molecule has 0 radical (unpaired) electrons. The SMILES string of the molecule is CC(C)C(C)(NC(=O)c1cccnc1Oc1ccc(Cl)cc1)C(N)=O. The van der Waals surface area contributed by atoms with E-state index in [1.54, 1.807) is 57.2 Å². The minimum atomic E-state index is -1.19. The maximum absolute atomic E-state index is 12.7. The van der Waals surface area contributed by atoms with Gasteiger partial charge in [0.05, 0.1) is 0 Å². The van der Waals surface area contributed by atoms with Gasteiger partial charge < -0.3 is 15.8 Å². The van der Waals surface area contributed by atoms with Crippen molar-refractivity contribution in [2.24, 2.45) is 11.7 Å². The third-order valence-electron chi connectivity index (χ3n) is 4.08. The van der Waals surface area contributed by atoms with Gasteiger partial charge >= 0.3 is 0 Å². The molecule has 2 rings (SSSR count). The van der Waals surface area contributed by atoms with E-state index in [2.05, 4.69) is 10.3 Å². The third-order valence-corrected chi connectivity index (χ3v) is 4.34. The average molecular weight is 362 g/mol. The molecule has 3 N–H and O–H groups in total. The number of carbonyl (C=O) groups is 2. The van der Waals surface area contributed by atoms with Crippen LogP contribution in [-0.4, -0.2) is 22.3 Å². The fraction of sp³-hybridized carbons (Fsp3) is 0.278. The maximum atomic E-state index is 12.7. The van der Waals surface area contributed by atoms with Gasteiger partial charge in [0.2, 0.25) is 11.8 Å². The Bertz CT molecular complexity index is 777. The molecular weight excluding hydrogens is 342 g/mol. The van der Waals surface area contributed by atoms with Crippen LogP contribution in [0.5, 0.6) is 11.6 Å². The van der Waals surface area contributed by atoms with Gasteiger partial charge in [0.15, 0.2) is 0 Å². The second kappa shape index (κ2) is 7.53. The summed E-state index contributed by atoms with van der Waals surface area (Å²) in [4.78, 5) is 28.6. The first-order valence-corrected chi connectivity index (χ1v) is 8.12. The summed E-state index contributed by atoms with van der Waals surface area (Å²) in [6.07, 6.45) is 1.51. The lowest BCUT2D eigenvalue weighted by Crippen LogP contribution is -2.58. The van der Waals surface area contributed by atoms with Gasteiger partial charge in [-0.25, -0.2) is 4.98 Å². The summed E-state index contributed by atoms with van der Waals surface area (Å²) in [7, 11) is 0. The number of nitrogens with one attached hydrogen (secondary N) is 1. The topological polar surface area (TPSA) is 94.3 Å². The summed E-state index contributed by atoms with van der Waals surface area (Å²) in [5, 5.41) is 3.26. The fourth-order valence-corrected chi connectivity index (χ4v) is 2.18. The number of rotatable bonds is 6. The Labute approximate surface area is 151 Å². The average Bonchev–Trinajstić information content (AvgIpc) is 2.57. The van der Waals surface area contributed by atoms with Crippen LogP contribution < -0.4 is 15.8 Å². The Morgan fingerprint density at radius 1 is 1.24 bits per heavy atom. The molecule has 0 saturated heterocycles. The van der Waals surface area contributed by atoms with E-state index in [-0.39, 0.29) is 17.4 Å². The zero-order valence-electron chi connectivity index (χ0n) is 14.2. The molecular formula is C18H20ClN3O3. The van der Waals surface area contributed by atoms with Gasteiger partial charge in [0.25, 0.3) is 5.91 Å². The van der Waals surface area contributed by atoms with Crippen molar-refractivity contribution in [3.05, 3.63) is 53.2 Å². The van der Waals surface area contributed by atoms with E-state index < -0.39 is 17.4 Å². The number of halogens is 1. The first-order chi connectivity index (χ1) is 11.7. The number of benzene rings is 1. The predicted molar refractivity (Wildman–Crippen MR) is 95.7 cm³/mol. The van der Waals surface area contributed by atoms with Crippen LogP contribution in [0, 0.1) is 5.92 Å². The number of hydrogen-bond acceptors (Lipinski definition) is 4. The number of aromatic nitrogens is 1. The predicted octanol–water partition coefficient (Wildman–Crippen LogP) is 3.16. The van der Waals surface area contributed by atoms with Crippen molar-refractivity contribution in [2.45, 2.75) is 26.3 Å². The lowest BCUT2D eigenvalue weighted by molar-refractivity contribution is -0.125. The van der Waals surface area contributed by atoms with E-state index >= 15 is 0 Å². The van der Waals surface area contributed by atoms with Crippen molar-refractivity contribution in [2.75, 3.05) is 0 Å². The van der Waals surface area contributed by atoms with Crippen molar-refractivity contribution in [1.29, 1.82) is 0 Å². The monoisotopic (exact) mass is 361 g/mol. The molecule has 1 heterocycles. The molecule has 1 atom stereocenters. The van der Waals surface area contributed by atoms with Crippen LogP contribution >= 0.6 is 11.6 Å². The molecule has 2 amide bonds.